The lowest BCUT2D eigenvalue weighted by Crippen LogP contribution is -2.07. The van der Waals surface area contributed by atoms with Gasteiger partial charge in [-0.1, -0.05) is 6.07 Å². The van der Waals surface area contributed by atoms with Gasteiger partial charge < -0.3 is 10.1 Å². The second-order valence-corrected chi connectivity index (χ2v) is 5.63. The second-order valence-electron chi connectivity index (χ2n) is 5.63. The molecule has 1 aromatic carbocycles. The van der Waals surface area contributed by atoms with Crippen molar-refractivity contribution in [3.05, 3.63) is 65.6 Å². The summed E-state index contributed by atoms with van der Waals surface area (Å²) in [5.74, 6) is -2.17. The Bertz CT molecular complexity index is 994. The van der Waals surface area contributed by atoms with Crippen molar-refractivity contribution in [3.8, 4) is 17.1 Å². The van der Waals surface area contributed by atoms with Gasteiger partial charge in [0.25, 0.3) is 0 Å². The van der Waals surface area contributed by atoms with Crippen LogP contribution in [-0.4, -0.2) is 22.1 Å². The Kier molecular flexibility index (Phi) is 5.39. The third-order valence-electron chi connectivity index (χ3n) is 3.79. The molecule has 2 heterocycles. The first kappa shape index (κ1) is 19.5. The van der Waals surface area contributed by atoms with Crippen LogP contribution in [0.1, 0.15) is 11.1 Å². The van der Waals surface area contributed by atoms with Crippen LogP contribution in [0.2, 0.25) is 0 Å². The van der Waals surface area contributed by atoms with Gasteiger partial charge in [-0.2, -0.15) is 17.6 Å². The predicted molar refractivity (Wildman–Crippen MR) is 90.5 cm³/mol. The monoisotopic (exact) mass is 396 g/mol. The third kappa shape index (κ3) is 4.16. The van der Waals surface area contributed by atoms with E-state index in [-0.39, 0.29) is 35.1 Å². The molecular formula is C18H13F5N4O. The summed E-state index contributed by atoms with van der Waals surface area (Å²) in [6.07, 6.45) is -1.32. The highest BCUT2D eigenvalue weighted by Crippen LogP contribution is 2.30. The lowest BCUT2D eigenvalue weighted by molar-refractivity contribution is -0.137. The maximum absolute atomic E-state index is 14.0. The molecular weight excluding hydrogens is 383 g/mol. The Morgan fingerprint density at radius 2 is 1.86 bits per heavy atom. The van der Waals surface area contributed by atoms with Gasteiger partial charge in [0.05, 0.1) is 12.7 Å². The maximum atomic E-state index is 14.0. The first-order valence-corrected chi connectivity index (χ1v) is 7.90. The normalized spacial score (nSPS) is 11.4. The van der Waals surface area contributed by atoms with Crippen molar-refractivity contribution in [1.29, 1.82) is 0 Å². The molecule has 0 aliphatic rings. The summed E-state index contributed by atoms with van der Waals surface area (Å²) in [6.45, 7) is -0.107. The topological polar surface area (TPSA) is 59.9 Å². The molecule has 0 saturated carbocycles. The number of aromatic nitrogens is 3. The maximum Gasteiger partial charge on any atom is 0.417 e. The lowest BCUT2D eigenvalue weighted by Gasteiger charge is -2.10. The quantitative estimate of drug-likeness (QED) is 0.646. The molecule has 1 N–H and O–H groups in total. The van der Waals surface area contributed by atoms with E-state index >= 15 is 0 Å². The van der Waals surface area contributed by atoms with Crippen molar-refractivity contribution >= 4 is 5.82 Å². The van der Waals surface area contributed by atoms with Crippen LogP contribution in [-0.2, 0) is 12.7 Å². The highest BCUT2D eigenvalue weighted by molar-refractivity contribution is 5.56. The number of halogens is 5. The molecule has 0 aliphatic heterocycles. The van der Waals surface area contributed by atoms with Crippen LogP contribution in [0.25, 0.3) is 11.4 Å². The Morgan fingerprint density at radius 3 is 2.57 bits per heavy atom. The van der Waals surface area contributed by atoms with E-state index in [1.807, 2.05) is 0 Å². The van der Waals surface area contributed by atoms with Crippen molar-refractivity contribution in [2.45, 2.75) is 12.7 Å². The molecule has 5 nitrogen and oxygen atoms in total. The van der Waals surface area contributed by atoms with Gasteiger partial charge in [0.1, 0.15) is 5.82 Å². The summed E-state index contributed by atoms with van der Waals surface area (Å²) in [4.78, 5) is 11.6. The van der Waals surface area contributed by atoms with Gasteiger partial charge in [0.15, 0.2) is 17.4 Å². The van der Waals surface area contributed by atoms with Crippen molar-refractivity contribution < 1.29 is 26.7 Å². The molecule has 10 heteroatoms. The van der Waals surface area contributed by atoms with Crippen LogP contribution < -0.4 is 10.1 Å². The van der Waals surface area contributed by atoms with Gasteiger partial charge in [-0.15, -0.1) is 0 Å². The minimum absolute atomic E-state index is 0.00461. The van der Waals surface area contributed by atoms with Gasteiger partial charge in [-0.05, 0) is 18.2 Å². The van der Waals surface area contributed by atoms with Crippen molar-refractivity contribution in [1.82, 2.24) is 15.0 Å². The van der Waals surface area contributed by atoms with Crippen molar-refractivity contribution in [3.63, 3.8) is 0 Å². The molecule has 0 atom stereocenters. The van der Waals surface area contributed by atoms with E-state index in [9.17, 15) is 22.0 Å². The summed E-state index contributed by atoms with van der Waals surface area (Å²) < 4.78 is 70.9. The highest BCUT2D eigenvalue weighted by atomic mass is 19.4. The number of nitrogens with one attached hydrogen (secondary N) is 1. The molecule has 0 saturated heterocycles. The molecule has 3 aromatic rings. The average molecular weight is 396 g/mol. The average Bonchev–Trinajstić information content (AvgIpc) is 2.69. The number of ether oxygens (including phenoxy) is 1. The standard InChI is InChI=1S/C18H13F5N4O/c1-28-13-3-2-10(15(19)16(13)20)8-26-14-4-5-25-17(27-14)11-6-12(9-24-7-11)18(21,22)23/h2-7,9H,8H2,1H3,(H,25,26,27). The van der Waals surface area contributed by atoms with Crippen LogP contribution in [0.4, 0.5) is 27.8 Å². The predicted octanol–water partition coefficient (Wildman–Crippen LogP) is 4.46. The van der Waals surface area contributed by atoms with Crippen LogP contribution in [0, 0.1) is 11.6 Å². The minimum Gasteiger partial charge on any atom is -0.494 e. The van der Waals surface area contributed by atoms with E-state index in [1.54, 1.807) is 0 Å². The first-order chi connectivity index (χ1) is 13.3. The first-order valence-electron chi connectivity index (χ1n) is 7.90. The number of hydrogen-bond acceptors (Lipinski definition) is 5. The van der Waals surface area contributed by atoms with Crippen LogP contribution in [0.5, 0.6) is 5.75 Å². The van der Waals surface area contributed by atoms with Gasteiger partial charge in [0.2, 0.25) is 5.82 Å². The molecule has 146 valence electrons. The Hall–Kier alpha value is -3.30. The van der Waals surface area contributed by atoms with E-state index in [0.717, 1.165) is 6.07 Å². The fourth-order valence-electron chi connectivity index (χ4n) is 2.37. The molecule has 0 aliphatic carbocycles. The Balaban J connectivity index is 1.81. The second kappa shape index (κ2) is 7.75. The minimum atomic E-state index is -4.55. The molecule has 2 aromatic heterocycles. The van der Waals surface area contributed by atoms with Gasteiger partial charge in [-0.25, -0.2) is 14.4 Å². The number of nitrogens with zero attached hydrogens (tertiary/aromatic N) is 3. The number of methoxy groups -OCH3 is 1. The summed E-state index contributed by atoms with van der Waals surface area (Å²) in [5, 5.41) is 2.78. The molecule has 28 heavy (non-hydrogen) atoms. The number of hydrogen-bond donors (Lipinski definition) is 1. The Labute approximate surface area is 156 Å². The van der Waals surface area contributed by atoms with Crippen molar-refractivity contribution in [2.75, 3.05) is 12.4 Å². The fraction of sp³-hybridized carbons (Fsp3) is 0.167. The molecule has 0 fully saturated rings. The summed E-state index contributed by atoms with van der Waals surface area (Å²) >= 11 is 0. The largest absolute Gasteiger partial charge is 0.494 e. The smallest absolute Gasteiger partial charge is 0.417 e. The van der Waals surface area contributed by atoms with E-state index < -0.39 is 23.4 Å². The lowest BCUT2D eigenvalue weighted by atomic mass is 10.2. The van der Waals surface area contributed by atoms with Gasteiger partial charge in [-0.3, -0.25) is 4.98 Å². The zero-order valence-electron chi connectivity index (χ0n) is 14.4. The summed E-state index contributed by atoms with van der Waals surface area (Å²) in [6, 6.07) is 4.96. The number of pyridine rings is 1. The summed E-state index contributed by atoms with van der Waals surface area (Å²) in [5.41, 5.74) is -0.831. The molecule has 0 radical (unpaired) electrons. The zero-order chi connectivity index (χ0) is 20.3. The van der Waals surface area contributed by atoms with Crippen LogP contribution >= 0.6 is 0 Å². The number of anilines is 1. The molecule has 0 amide bonds. The molecule has 3 rings (SSSR count). The number of rotatable bonds is 5. The summed E-state index contributed by atoms with van der Waals surface area (Å²) in [7, 11) is 1.22. The van der Waals surface area contributed by atoms with Gasteiger partial charge in [0, 0.05) is 36.3 Å². The molecule has 0 bridgehead atoms. The molecule has 0 unspecified atom stereocenters. The van der Waals surface area contributed by atoms with E-state index in [2.05, 4.69) is 20.3 Å². The van der Waals surface area contributed by atoms with Gasteiger partial charge >= 0.3 is 6.18 Å². The number of alkyl halides is 3. The van der Waals surface area contributed by atoms with Crippen LogP contribution in [0.3, 0.4) is 0 Å². The van der Waals surface area contributed by atoms with Crippen molar-refractivity contribution in [2.24, 2.45) is 0 Å². The third-order valence-corrected chi connectivity index (χ3v) is 3.79. The highest BCUT2D eigenvalue weighted by Gasteiger charge is 2.31. The fourth-order valence-corrected chi connectivity index (χ4v) is 2.37. The van der Waals surface area contributed by atoms with E-state index in [4.69, 9.17) is 4.74 Å². The van der Waals surface area contributed by atoms with Crippen LogP contribution in [0.15, 0.2) is 42.9 Å². The van der Waals surface area contributed by atoms with E-state index in [0.29, 0.717) is 6.20 Å². The SMILES string of the molecule is COc1ccc(CNc2ccnc(-c3cncc(C(F)(F)F)c3)n2)c(F)c1F. The number of benzene rings is 1. The molecule has 0 spiro atoms. The van der Waals surface area contributed by atoms with E-state index in [1.165, 1.54) is 37.7 Å². The zero-order valence-corrected chi connectivity index (χ0v) is 14.4. The Morgan fingerprint density at radius 1 is 1.07 bits per heavy atom.